The summed E-state index contributed by atoms with van der Waals surface area (Å²) in [5.74, 6) is 0. The van der Waals surface area contributed by atoms with Crippen LogP contribution in [0.4, 0.5) is 17.1 Å². The van der Waals surface area contributed by atoms with Gasteiger partial charge < -0.3 is 4.90 Å². The van der Waals surface area contributed by atoms with Gasteiger partial charge in [-0.15, -0.1) is 0 Å². The molecule has 0 bridgehead atoms. The smallest absolute Gasteiger partial charge is 0.0467 e. The highest BCUT2D eigenvalue weighted by molar-refractivity contribution is 6.21. The first-order chi connectivity index (χ1) is 32.2. The molecule has 0 N–H and O–H groups in total. The molecule has 0 aliphatic heterocycles. The van der Waals surface area contributed by atoms with E-state index in [1.54, 1.807) is 0 Å². The number of nitrogens with zero attached hydrogens (tertiary/aromatic N) is 1. The van der Waals surface area contributed by atoms with Crippen LogP contribution in [-0.2, 0) is 0 Å². The van der Waals surface area contributed by atoms with Gasteiger partial charge in [0.25, 0.3) is 0 Å². The van der Waals surface area contributed by atoms with Crippen molar-refractivity contribution in [1.29, 1.82) is 0 Å². The molecule has 0 aliphatic rings. The van der Waals surface area contributed by atoms with Crippen molar-refractivity contribution in [2.45, 2.75) is 0 Å². The highest BCUT2D eigenvalue weighted by atomic mass is 15.1. The predicted octanol–water partition coefficient (Wildman–Crippen LogP) is 18.1. The van der Waals surface area contributed by atoms with Crippen molar-refractivity contribution >= 4 is 60.2 Å². The van der Waals surface area contributed by atoms with Gasteiger partial charge >= 0.3 is 0 Å². The minimum absolute atomic E-state index is 1.09. The highest BCUT2D eigenvalue weighted by Gasteiger charge is 2.20. The molecule has 12 aromatic rings. The molecular weight excluding hydrogens is 783 g/mol. The van der Waals surface area contributed by atoms with Crippen molar-refractivity contribution in [3.63, 3.8) is 0 Å². The maximum absolute atomic E-state index is 2.39. The van der Waals surface area contributed by atoms with Gasteiger partial charge in [-0.25, -0.2) is 0 Å². The summed E-state index contributed by atoms with van der Waals surface area (Å²) in [6.07, 6.45) is 0. The van der Waals surface area contributed by atoms with Crippen LogP contribution < -0.4 is 4.90 Å². The zero-order valence-electron chi connectivity index (χ0n) is 35.8. The molecule has 12 rings (SSSR count). The molecule has 0 aromatic heterocycles. The van der Waals surface area contributed by atoms with Gasteiger partial charge in [-0.3, -0.25) is 0 Å². The summed E-state index contributed by atoms with van der Waals surface area (Å²) in [5.41, 5.74) is 15.4. The standard InChI is InChI=1S/C64H43N/c1-2-17-49(18-3-1)63-61-27-10-8-25-59(61)60-26-9-11-28-62(60)64(63)50-37-41-53(42-38-50)65(54-22-12-21-51(43-54)58-30-14-20-47-16-5-7-24-56(47)58)52-39-35-45(36-40-52)44-31-33-48(34-32-44)57-29-13-19-46-15-4-6-23-55(46)57/h1-43H. The quantitative estimate of drug-likeness (QED) is 0.138. The third-order valence-electron chi connectivity index (χ3n) is 13.1. The summed E-state index contributed by atoms with van der Waals surface area (Å²) >= 11 is 0. The van der Waals surface area contributed by atoms with Gasteiger partial charge in [-0.1, -0.05) is 224 Å². The Morgan fingerprint density at radius 2 is 0.569 bits per heavy atom. The first kappa shape index (κ1) is 38.2. The molecule has 65 heavy (non-hydrogen) atoms. The zero-order chi connectivity index (χ0) is 43.1. The van der Waals surface area contributed by atoms with E-state index in [2.05, 4.69) is 266 Å². The number of hydrogen-bond acceptors (Lipinski definition) is 1. The van der Waals surface area contributed by atoms with Gasteiger partial charge in [-0.05, 0) is 135 Å². The van der Waals surface area contributed by atoms with Crippen molar-refractivity contribution in [2.24, 2.45) is 0 Å². The minimum Gasteiger partial charge on any atom is -0.310 e. The van der Waals surface area contributed by atoms with E-state index >= 15 is 0 Å². The second-order valence-corrected chi connectivity index (χ2v) is 16.8. The average Bonchev–Trinajstić information content (AvgIpc) is 3.39. The molecule has 0 fully saturated rings. The second-order valence-electron chi connectivity index (χ2n) is 16.8. The third kappa shape index (κ3) is 6.92. The maximum atomic E-state index is 2.39. The Bertz CT molecular complexity index is 3670. The van der Waals surface area contributed by atoms with E-state index in [-0.39, 0.29) is 0 Å². The molecule has 12 aromatic carbocycles. The molecule has 304 valence electrons. The van der Waals surface area contributed by atoms with E-state index in [0.29, 0.717) is 0 Å². The topological polar surface area (TPSA) is 3.24 Å². The van der Waals surface area contributed by atoms with Gasteiger partial charge in [0.15, 0.2) is 0 Å². The van der Waals surface area contributed by atoms with Crippen LogP contribution in [0, 0.1) is 0 Å². The molecule has 0 radical (unpaired) electrons. The lowest BCUT2D eigenvalue weighted by Gasteiger charge is -2.27. The molecular formula is C64H43N. The van der Waals surface area contributed by atoms with E-state index in [9.17, 15) is 0 Å². The predicted molar refractivity (Wildman–Crippen MR) is 278 cm³/mol. The lowest BCUT2D eigenvalue weighted by molar-refractivity contribution is 1.28. The number of anilines is 3. The summed E-state index contributed by atoms with van der Waals surface area (Å²) in [6.45, 7) is 0. The van der Waals surface area contributed by atoms with Crippen molar-refractivity contribution in [2.75, 3.05) is 4.90 Å². The molecule has 0 amide bonds. The van der Waals surface area contributed by atoms with Crippen LogP contribution in [0.2, 0.25) is 0 Å². The number of fused-ring (bicyclic) bond motifs is 5. The van der Waals surface area contributed by atoms with Crippen LogP contribution in [0.1, 0.15) is 0 Å². The molecule has 1 heteroatoms. The first-order valence-electron chi connectivity index (χ1n) is 22.4. The molecule has 0 aliphatic carbocycles. The summed E-state index contributed by atoms with van der Waals surface area (Å²) < 4.78 is 0. The highest BCUT2D eigenvalue weighted by Crippen LogP contribution is 2.46. The van der Waals surface area contributed by atoms with E-state index in [4.69, 9.17) is 0 Å². The minimum atomic E-state index is 1.09. The number of hydrogen-bond donors (Lipinski definition) is 0. The van der Waals surface area contributed by atoms with Gasteiger partial charge in [0.05, 0.1) is 0 Å². The number of benzene rings is 12. The van der Waals surface area contributed by atoms with Crippen molar-refractivity contribution in [3.8, 4) is 55.6 Å². The molecule has 0 spiro atoms. The fourth-order valence-corrected chi connectivity index (χ4v) is 9.98. The Balaban J connectivity index is 0.972. The fourth-order valence-electron chi connectivity index (χ4n) is 9.98. The lowest BCUT2D eigenvalue weighted by atomic mass is 9.85. The zero-order valence-corrected chi connectivity index (χ0v) is 35.8. The lowest BCUT2D eigenvalue weighted by Crippen LogP contribution is -2.10. The second kappa shape index (κ2) is 16.3. The van der Waals surface area contributed by atoms with Crippen LogP contribution >= 0.6 is 0 Å². The van der Waals surface area contributed by atoms with Crippen LogP contribution in [0.5, 0.6) is 0 Å². The molecule has 0 saturated heterocycles. The van der Waals surface area contributed by atoms with Gasteiger partial charge in [0.2, 0.25) is 0 Å². The average molecular weight is 826 g/mol. The monoisotopic (exact) mass is 825 g/mol. The van der Waals surface area contributed by atoms with E-state index in [1.807, 2.05) is 0 Å². The van der Waals surface area contributed by atoms with Crippen LogP contribution in [0.3, 0.4) is 0 Å². The van der Waals surface area contributed by atoms with Crippen molar-refractivity contribution < 1.29 is 0 Å². The normalized spacial score (nSPS) is 11.4. The summed E-state index contributed by atoms with van der Waals surface area (Å²) in [6, 6.07) is 95.2. The van der Waals surface area contributed by atoms with Crippen LogP contribution in [-0.4, -0.2) is 0 Å². The van der Waals surface area contributed by atoms with E-state index < -0.39 is 0 Å². The SMILES string of the molecule is c1ccc(-c2c(-c3ccc(N(c4ccc(-c5ccc(-c6cccc7ccccc67)cc5)cc4)c4cccc(-c5cccc6ccccc56)c4)cc3)c3ccccc3c3ccccc23)cc1. The third-order valence-corrected chi connectivity index (χ3v) is 13.1. The Labute approximate surface area is 379 Å². The Morgan fingerprint density at radius 3 is 1.12 bits per heavy atom. The van der Waals surface area contributed by atoms with Crippen LogP contribution in [0.25, 0.3) is 98.7 Å². The summed E-state index contributed by atoms with van der Waals surface area (Å²) in [4.78, 5) is 2.39. The largest absolute Gasteiger partial charge is 0.310 e. The van der Waals surface area contributed by atoms with E-state index in [1.165, 1.54) is 98.7 Å². The molecule has 0 unspecified atom stereocenters. The Hall–Kier alpha value is -8.52. The Kier molecular flexibility index (Phi) is 9.58. The summed E-state index contributed by atoms with van der Waals surface area (Å²) in [7, 11) is 0. The molecule has 0 atom stereocenters. The maximum Gasteiger partial charge on any atom is 0.0467 e. The Morgan fingerprint density at radius 1 is 0.200 bits per heavy atom. The van der Waals surface area contributed by atoms with Gasteiger partial charge in [-0.2, -0.15) is 0 Å². The van der Waals surface area contributed by atoms with Crippen molar-refractivity contribution in [1.82, 2.24) is 0 Å². The van der Waals surface area contributed by atoms with Crippen molar-refractivity contribution in [3.05, 3.63) is 261 Å². The van der Waals surface area contributed by atoms with Gasteiger partial charge in [0.1, 0.15) is 0 Å². The van der Waals surface area contributed by atoms with Gasteiger partial charge in [0, 0.05) is 17.1 Å². The summed E-state index contributed by atoms with van der Waals surface area (Å²) in [5, 5.41) is 10.0. The molecule has 0 saturated carbocycles. The fraction of sp³-hybridized carbons (Fsp3) is 0. The van der Waals surface area contributed by atoms with Crippen LogP contribution in [0.15, 0.2) is 261 Å². The first-order valence-corrected chi connectivity index (χ1v) is 22.4. The molecule has 0 heterocycles. The number of rotatable bonds is 8. The van der Waals surface area contributed by atoms with E-state index in [0.717, 1.165) is 17.1 Å². The molecule has 1 nitrogen and oxygen atoms in total.